The van der Waals surface area contributed by atoms with Gasteiger partial charge in [0.1, 0.15) is 0 Å². The number of hydrogen-bond acceptors (Lipinski definition) is 1. The van der Waals surface area contributed by atoms with Gasteiger partial charge in [-0.1, -0.05) is 0 Å². The summed E-state index contributed by atoms with van der Waals surface area (Å²) in [6.07, 6.45) is -1.58. The second-order valence-electron chi connectivity index (χ2n) is 0.305. The van der Waals surface area contributed by atoms with Crippen LogP contribution in [0.25, 0.3) is 5.73 Å². The van der Waals surface area contributed by atoms with E-state index in [4.69, 9.17) is 15.6 Å². The summed E-state index contributed by atoms with van der Waals surface area (Å²) in [6.45, 7) is 0. The number of carboxylic acid groups (broad SMARTS) is 1. The number of amides is 1. The number of rotatable bonds is 0. The maximum atomic E-state index is 8.67. The van der Waals surface area contributed by atoms with Crippen LogP contribution in [0.3, 0.4) is 0 Å². The minimum atomic E-state index is -1.58. The van der Waals surface area contributed by atoms with E-state index in [1.54, 1.807) is 0 Å². The number of hydrogen-bond donors (Lipinski definition) is 1. The summed E-state index contributed by atoms with van der Waals surface area (Å²) in [5.41, 5.74) is 5.50. The molecule has 0 unspecified atom stereocenters. The van der Waals surface area contributed by atoms with Gasteiger partial charge in [0, 0.05) is 19.5 Å². The Balaban J connectivity index is 0. The average Bonchev–Trinajstić information content (AvgIpc) is 0.811. The summed E-state index contributed by atoms with van der Waals surface area (Å²) in [5.74, 6) is 0. The van der Waals surface area contributed by atoms with Gasteiger partial charge in [-0.05, 0) is 0 Å². The Morgan fingerprint density at radius 3 is 1.80 bits per heavy atom. The van der Waals surface area contributed by atoms with Gasteiger partial charge in [0.05, 0.1) is 0 Å². The Morgan fingerprint density at radius 2 is 1.80 bits per heavy atom. The molecule has 26 valence electrons. The summed E-state index contributed by atoms with van der Waals surface area (Å²) in [6, 6.07) is 0. The van der Waals surface area contributed by atoms with Crippen molar-refractivity contribution in [1.82, 2.24) is 0 Å². The Morgan fingerprint density at radius 1 is 1.80 bits per heavy atom. The fourth-order valence-corrected chi connectivity index (χ4v) is 0. The number of carbonyl (C=O) groups is 1. The second-order valence-corrected chi connectivity index (χ2v) is 0.305. The van der Waals surface area contributed by atoms with Crippen LogP contribution in [0.5, 0.6) is 0 Å². The van der Waals surface area contributed by atoms with Crippen molar-refractivity contribution in [3.05, 3.63) is 5.73 Å². The van der Waals surface area contributed by atoms with E-state index < -0.39 is 6.09 Å². The third-order valence-electron chi connectivity index (χ3n) is 0. The molecule has 0 bridgehead atoms. The van der Waals surface area contributed by atoms with Crippen LogP contribution in [-0.4, -0.2) is 11.2 Å². The number of nitrogens with one attached hydrogen (secondary N) is 1. The van der Waals surface area contributed by atoms with E-state index >= 15 is 0 Å². The quantitative estimate of drug-likeness (QED) is 0.485. The van der Waals surface area contributed by atoms with Gasteiger partial charge in [0.25, 0.3) is 0 Å². The molecular weight excluding hydrogens is 123 g/mol. The van der Waals surface area contributed by atoms with Gasteiger partial charge in [0.15, 0.2) is 0 Å². The van der Waals surface area contributed by atoms with Gasteiger partial charge < -0.3 is 10.8 Å². The SMILES string of the molecule is [NH-]C(=O)O.[Zn]. The summed E-state index contributed by atoms with van der Waals surface area (Å²) in [7, 11) is 0. The van der Waals surface area contributed by atoms with E-state index in [9.17, 15) is 0 Å². The van der Waals surface area contributed by atoms with Gasteiger partial charge in [-0.25, -0.2) is 0 Å². The molecule has 0 atom stereocenters. The smallest absolute Gasteiger partial charge is 0.224 e. The zero-order valence-electron chi connectivity index (χ0n) is 2.56. The molecule has 0 aromatic rings. The molecule has 0 aliphatic carbocycles. The molecule has 0 saturated carbocycles. The third kappa shape index (κ3) is 1230. The minimum Gasteiger partial charge on any atom is -0.632 e. The van der Waals surface area contributed by atoms with Crippen molar-refractivity contribution >= 4 is 6.09 Å². The first-order valence-corrected chi connectivity index (χ1v) is 0.678. The molecule has 0 saturated heterocycles. The third-order valence-corrected chi connectivity index (χ3v) is 0. The summed E-state index contributed by atoms with van der Waals surface area (Å²) in [5, 5.41) is 7.08. The van der Waals surface area contributed by atoms with Gasteiger partial charge in [-0.3, -0.25) is 4.79 Å². The molecule has 0 spiro atoms. The monoisotopic (exact) mass is 124 g/mol. The first-order chi connectivity index (χ1) is 1.73. The van der Waals surface area contributed by atoms with Crippen LogP contribution in [0.2, 0.25) is 0 Å². The first kappa shape index (κ1) is 8.86. The van der Waals surface area contributed by atoms with Gasteiger partial charge >= 0.3 is 0 Å². The Bertz CT molecular complexity index is 32.6. The van der Waals surface area contributed by atoms with Crippen LogP contribution in [-0.2, 0) is 19.5 Å². The summed E-state index contributed by atoms with van der Waals surface area (Å²) in [4.78, 5) is 8.67. The molecule has 0 fully saturated rings. The van der Waals surface area contributed by atoms with E-state index in [2.05, 4.69) is 0 Å². The molecule has 0 rings (SSSR count). The van der Waals surface area contributed by atoms with E-state index in [-0.39, 0.29) is 19.5 Å². The predicted octanol–water partition coefficient (Wildman–Crippen LogP) is 0.714. The topological polar surface area (TPSA) is 61.1 Å². The van der Waals surface area contributed by atoms with Crippen molar-refractivity contribution < 1.29 is 29.4 Å². The summed E-state index contributed by atoms with van der Waals surface area (Å²) < 4.78 is 0. The van der Waals surface area contributed by atoms with Crippen LogP contribution < -0.4 is 0 Å². The van der Waals surface area contributed by atoms with Crippen molar-refractivity contribution in [3.63, 3.8) is 0 Å². The molecule has 1 amide bonds. The standard InChI is InChI=1S/CH2NO2.Zn/c2-1(3)4;/h2H,(H,3,4);/q-1;. The van der Waals surface area contributed by atoms with Gasteiger partial charge in [-0.15, -0.1) is 0 Å². The Kier molecular flexibility index (Phi) is 6.90. The molecule has 0 aliphatic rings. The van der Waals surface area contributed by atoms with Crippen LogP contribution in [0, 0.1) is 0 Å². The molecular formula is CH2NO2Zn-. The Hall–Kier alpha value is -0.107. The predicted molar refractivity (Wildman–Crippen MR) is 12.3 cm³/mol. The van der Waals surface area contributed by atoms with E-state index in [0.717, 1.165) is 0 Å². The molecule has 0 aromatic heterocycles. The van der Waals surface area contributed by atoms with E-state index in [1.165, 1.54) is 0 Å². The van der Waals surface area contributed by atoms with E-state index in [0.29, 0.717) is 0 Å². The van der Waals surface area contributed by atoms with Crippen LogP contribution in [0.4, 0.5) is 4.79 Å². The normalized spacial score (nSPS) is 4.80. The zero-order chi connectivity index (χ0) is 3.58. The first-order valence-electron chi connectivity index (χ1n) is 0.678. The average molecular weight is 125 g/mol. The molecule has 4 heteroatoms. The van der Waals surface area contributed by atoms with Crippen molar-refractivity contribution in [2.24, 2.45) is 0 Å². The van der Waals surface area contributed by atoms with Crippen molar-refractivity contribution in [3.8, 4) is 0 Å². The van der Waals surface area contributed by atoms with Crippen molar-refractivity contribution in [1.29, 1.82) is 0 Å². The molecule has 2 N–H and O–H groups in total. The maximum Gasteiger partial charge on any atom is 0.224 e. The van der Waals surface area contributed by atoms with Crippen molar-refractivity contribution in [2.45, 2.75) is 0 Å². The maximum absolute atomic E-state index is 8.67. The fraction of sp³-hybridized carbons (Fsp3) is 0. The minimum absolute atomic E-state index is 0. The molecule has 3 nitrogen and oxygen atoms in total. The molecule has 0 aliphatic heterocycles. The molecule has 0 heterocycles. The summed E-state index contributed by atoms with van der Waals surface area (Å²) >= 11 is 0. The van der Waals surface area contributed by atoms with Gasteiger partial charge in [-0.2, -0.15) is 0 Å². The molecule has 0 radical (unpaired) electrons. The second kappa shape index (κ2) is 3.89. The fourth-order valence-electron chi connectivity index (χ4n) is 0. The van der Waals surface area contributed by atoms with E-state index in [1.807, 2.05) is 0 Å². The zero-order valence-corrected chi connectivity index (χ0v) is 5.53. The van der Waals surface area contributed by atoms with Crippen LogP contribution in [0.1, 0.15) is 0 Å². The van der Waals surface area contributed by atoms with Crippen LogP contribution >= 0.6 is 0 Å². The van der Waals surface area contributed by atoms with Crippen molar-refractivity contribution in [2.75, 3.05) is 0 Å². The Labute approximate surface area is 41.9 Å². The van der Waals surface area contributed by atoms with Crippen LogP contribution in [0.15, 0.2) is 0 Å². The molecule has 0 aromatic carbocycles. The van der Waals surface area contributed by atoms with Gasteiger partial charge in [0.2, 0.25) is 6.09 Å². The molecule has 5 heavy (non-hydrogen) atoms. The largest absolute Gasteiger partial charge is 0.632 e.